The van der Waals surface area contributed by atoms with Crippen molar-refractivity contribution in [3.63, 3.8) is 0 Å². The van der Waals surface area contributed by atoms with E-state index in [1.165, 1.54) is 25.3 Å². The summed E-state index contributed by atoms with van der Waals surface area (Å²) in [4.78, 5) is 36.6. The Bertz CT molecular complexity index is 1160. The van der Waals surface area contributed by atoms with Gasteiger partial charge in [0.15, 0.2) is 0 Å². The summed E-state index contributed by atoms with van der Waals surface area (Å²) in [6, 6.07) is 4.73. The zero-order valence-electron chi connectivity index (χ0n) is 14.0. The predicted molar refractivity (Wildman–Crippen MR) is 91.2 cm³/mol. The van der Waals surface area contributed by atoms with E-state index < -0.39 is 29.1 Å². The van der Waals surface area contributed by atoms with Crippen LogP contribution in [0.3, 0.4) is 0 Å². The summed E-state index contributed by atoms with van der Waals surface area (Å²) in [6.07, 6.45) is -4.89. The van der Waals surface area contributed by atoms with E-state index in [1.807, 2.05) is 0 Å². The minimum absolute atomic E-state index is 0.0545. The molecule has 3 aromatic rings. The van der Waals surface area contributed by atoms with Gasteiger partial charge in [-0.15, -0.1) is 0 Å². The summed E-state index contributed by atoms with van der Waals surface area (Å²) in [7, 11) is 2.18. The van der Waals surface area contributed by atoms with Crippen LogP contribution in [0.4, 0.5) is 13.2 Å². The van der Waals surface area contributed by atoms with E-state index in [9.17, 15) is 27.6 Å². The molecule has 0 radical (unpaired) electrons. The normalized spacial score (nSPS) is 11.7. The third kappa shape index (κ3) is 3.37. The van der Waals surface area contributed by atoms with E-state index in [0.29, 0.717) is 31.0 Å². The number of esters is 1. The topological polar surface area (TPSA) is 83.2 Å². The van der Waals surface area contributed by atoms with Crippen molar-refractivity contribution in [2.75, 3.05) is 7.11 Å². The number of fused-ring (bicyclic) bond motifs is 1. The SMILES string of the molecule is COC(=O)Cc1snc2ccc(-n3c(=O)cc(C(F)(F)F)n(C)c3=O)cc12. The number of rotatable bonds is 3. The number of methoxy groups -OCH3 is 1. The zero-order chi connectivity index (χ0) is 19.9. The fourth-order valence-corrected chi connectivity index (χ4v) is 3.40. The largest absolute Gasteiger partial charge is 0.469 e. The van der Waals surface area contributed by atoms with Gasteiger partial charge in [-0.05, 0) is 29.7 Å². The first-order valence-electron chi connectivity index (χ1n) is 7.49. The summed E-state index contributed by atoms with van der Waals surface area (Å²) in [5.74, 6) is -0.492. The fraction of sp³-hybridized carbons (Fsp3) is 0.250. The fourth-order valence-electron chi connectivity index (χ4n) is 2.59. The van der Waals surface area contributed by atoms with Crippen molar-refractivity contribution in [3.05, 3.63) is 55.7 Å². The van der Waals surface area contributed by atoms with Crippen molar-refractivity contribution >= 4 is 28.4 Å². The Balaban J connectivity index is 2.20. The van der Waals surface area contributed by atoms with E-state index in [0.717, 1.165) is 18.6 Å². The number of carbonyl (C=O) groups excluding carboxylic acids is 1. The second-order valence-corrected chi connectivity index (χ2v) is 6.46. The van der Waals surface area contributed by atoms with Gasteiger partial charge in [0.1, 0.15) is 5.69 Å². The summed E-state index contributed by atoms with van der Waals surface area (Å²) in [5, 5.41) is 0.511. The summed E-state index contributed by atoms with van der Waals surface area (Å²) in [5.41, 5.74) is -2.97. The third-order valence-corrected chi connectivity index (χ3v) is 4.81. The molecule has 7 nitrogen and oxygen atoms in total. The average Bonchev–Trinajstić information content (AvgIpc) is 2.99. The number of hydrogen-bond donors (Lipinski definition) is 0. The van der Waals surface area contributed by atoms with Crippen molar-refractivity contribution in [1.29, 1.82) is 0 Å². The lowest BCUT2D eigenvalue weighted by molar-refractivity contribution is -0.144. The highest BCUT2D eigenvalue weighted by atomic mass is 32.1. The number of ether oxygens (including phenoxy) is 1. The van der Waals surface area contributed by atoms with E-state index >= 15 is 0 Å². The molecule has 0 aliphatic heterocycles. The van der Waals surface area contributed by atoms with Gasteiger partial charge in [0.05, 0.1) is 24.7 Å². The molecule has 0 saturated heterocycles. The van der Waals surface area contributed by atoms with Gasteiger partial charge >= 0.3 is 17.8 Å². The van der Waals surface area contributed by atoms with Gasteiger partial charge in [0, 0.05) is 23.4 Å². The quantitative estimate of drug-likeness (QED) is 0.628. The molecular formula is C16H12F3N3O4S. The number of alkyl halides is 3. The molecule has 0 amide bonds. The molecule has 11 heteroatoms. The molecule has 0 spiro atoms. The zero-order valence-corrected chi connectivity index (χ0v) is 14.8. The first kappa shape index (κ1) is 18.8. The van der Waals surface area contributed by atoms with Crippen molar-refractivity contribution in [1.82, 2.24) is 13.5 Å². The Labute approximate surface area is 153 Å². The van der Waals surface area contributed by atoms with Gasteiger partial charge in [-0.2, -0.15) is 17.5 Å². The maximum Gasteiger partial charge on any atom is 0.431 e. The molecule has 0 N–H and O–H groups in total. The monoisotopic (exact) mass is 399 g/mol. The Morgan fingerprint density at radius 1 is 1.26 bits per heavy atom. The van der Waals surface area contributed by atoms with Gasteiger partial charge in [-0.3, -0.25) is 14.2 Å². The number of aromatic nitrogens is 3. The molecular weight excluding hydrogens is 387 g/mol. The number of benzene rings is 1. The molecule has 142 valence electrons. The van der Waals surface area contributed by atoms with Gasteiger partial charge in [-0.25, -0.2) is 9.36 Å². The highest BCUT2D eigenvalue weighted by molar-refractivity contribution is 7.07. The molecule has 0 fully saturated rings. The standard InChI is InChI=1S/C16H12F3N3O4S/c1-21-12(16(17,18)19)7-13(23)22(15(21)25)8-3-4-10-9(5-8)11(27-20-10)6-14(24)26-2/h3-5,7H,6H2,1-2H3. The van der Waals surface area contributed by atoms with E-state index in [2.05, 4.69) is 9.11 Å². The molecule has 0 unspecified atom stereocenters. The molecule has 2 heterocycles. The Morgan fingerprint density at radius 2 is 1.96 bits per heavy atom. The van der Waals surface area contributed by atoms with Crippen LogP contribution in [0, 0.1) is 0 Å². The van der Waals surface area contributed by atoms with Crippen LogP contribution in [0.2, 0.25) is 0 Å². The van der Waals surface area contributed by atoms with Crippen LogP contribution in [-0.2, 0) is 29.2 Å². The number of halogens is 3. The van der Waals surface area contributed by atoms with Crippen LogP contribution in [0.1, 0.15) is 10.6 Å². The lowest BCUT2D eigenvalue weighted by Gasteiger charge is -2.14. The van der Waals surface area contributed by atoms with E-state index in [1.54, 1.807) is 0 Å². The highest BCUT2D eigenvalue weighted by Gasteiger charge is 2.35. The number of nitrogens with zero attached hydrogens (tertiary/aromatic N) is 3. The van der Waals surface area contributed by atoms with Crippen molar-refractivity contribution in [2.45, 2.75) is 12.6 Å². The first-order chi connectivity index (χ1) is 12.6. The van der Waals surface area contributed by atoms with Gasteiger partial charge in [0.25, 0.3) is 5.56 Å². The van der Waals surface area contributed by atoms with E-state index in [-0.39, 0.29) is 12.1 Å². The Hall–Kier alpha value is -2.95. The third-order valence-electron chi connectivity index (χ3n) is 3.94. The van der Waals surface area contributed by atoms with Crippen LogP contribution in [0.5, 0.6) is 0 Å². The second-order valence-electron chi connectivity index (χ2n) is 5.60. The lowest BCUT2D eigenvalue weighted by atomic mass is 10.1. The second kappa shape index (κ2) is 6.65. The lowest BCUT2D eigenvalue weighted by Crippen LogP contribution is -2.40. The van der Waals surface area contributed by atoms with Crippen LogP contribution in [-0.4, -0.2) is 26.6 Å². The van der Waals surface area contributed by atoms with Crippen LogP contribution < -0.4 is 11.2 Å². The van der Waals surface area contributed by atoms with Crippen LogP contribution in [0.15, 0.2) is 33.9 Å². The van der Waals surface area contributed by atoms with Crippen molar-refractivity contribution in [3.8, 4) is 5.69 Å². The van der Waals surface area contributed by atoms with E-state index in [4.69, 9.17) is 0 Å². The molecule has 27 heavy (non-hydrogen) atoms. The maximum atomic E-state index is 13.0. The molecule has 0 saturated carbocycles. The summed E-state index contributed by atoms with van der Waals surface area (Å²) >= 11 is 1.06. The molecule has 0 atom stereocenters. The molecule has 0 aliphatic carbocycles. The Morgan fingerprint density at radius 3 is 2.59 bits per heavy atom. The van der Waals surface area contributed by atoms with Gasteiger partial charge in [-0.1, -0.05) is 0 Å². The average molecular weight is 399 g/mol. The summed E-state index contributed by atoms with van der Waals surface area (Å²) < 4.78 is 48.7. The smallest absolute Gasteiger partial charge is 0.431 e. The molecule has 0 aliphatic rings. The van der Waals surface area contributed by atoms with Crippen molar-refractivity contribution < 1.29 is 22.7 Å². The highest BCUT2D eigenvalue weighted by Crippen LogP contribution is 2.28. The first-order valence-corrected chi connectivity index (χ1v) is 8.26. The molecule has 2 aromatic heterocycles. The van der Waals surface area contributed by atoms with Crippen LogP contribution >= 0.6 is 11.5 Å². The summed E-state index contributed by atoms with van der Waals surface area (Å²) in [6.45, 7) is 0. The van der Waals surface area contributed by atoms with Crippen molar-refractivity contribution in [2.24, 2.45) is 7.05 Å². The molecule has 3 rings (SSSR count). The Kier molecular flexibility index (Phi) is 4.64. The minimum Gasteiger partial charge on any atom is -0.469 e. The minimum atomic E-state index is -4.83. The maximum absolute atomic E-state index is 13.0. The van der Waals surface area contributed by atoms with Gasteiger partial charge in [0.2, 0.25) is 0 Å². The molecule has 0 bridgehead atoms. The predicted octanol–water partition coefficient (Wildman–Crippen LogP) is 1.88. The van der Waals surface area contributed by atoms with Crippen LogP contribution in [0.25, 0.3) is 16.6 Å². The van der Waals surface area contributed by atoms with Gasteiger partial charge < -0.3 is 4.74 Å². The number of carbonyl (C=O) groups is 1. The molecule has 1 aromatic carbocycles. The number of hydrogen-bond acceptors (Lipinski definition) is 6.